The number of aromatic nitrogens is 1. The fraction of sp³-hybridized carbons (Fsp3) is 0.0769. The summed E-state index contributed by atoms with van der Waals surface area (Å²) in [4.78, 5) is 12.7. The number of benzene rings is 3. The predicted octanol–water partition coefficient (Wildman–Crippen LogP) is 5.71. The van der Waals surface area contributed by atoms with E-state index in [-0.39, 0.29) is 12.0 Å². The van der Waals surface area contributed by atoms with Gasteiger partial charge in [-0.15, -0.1) is 0 Å². The van der Waals surface area contributed by atoms with Crippen molar-refractivity contribution >= 4 is 34.4 Å². The van der Waals surface area contributed by atoms with E-state index in [1.807, 2.05) is 84.9 Å². The monoisotopic (exact) mass is 410 g/mol. The van der Waals surface area contributed by atoms with Crippen molar-refractivity contribution in [3.63, 3.8) is 0 Å². The summed E-state index contributed by atoms with van der Waals surface area (Å²) in [5.74, 6) is 1.72. The molecule has 146 valence electrons. The number of thioether (sulfide) groups is 1. The zero-order valence-electron chi connectivity index (χ0n) is 16.3. The smallest absolute Gasteiger partial charge is 0.312 e. The van der Waals surface area contributed by atoms with E-state index in [2.05, 4.69) is 16.8 Å². The van der Waals surface area contributed by atoms with Crippen molar-refractivity contribution < 1.29 is 14.1 Å². The van der Waals surface area contributed by atoms with E-state index < -0.39 is 0 Å². The average Bonchev–Trinajstić information content (AvgIpc) is 3.21. The minimum absolute atomic E-state index is 0.000492. The number of ether oxygens (including phenoxy) is 1. The molecule has 3 nitrogen and oxygen atoms in total. The summed E-state index contributed by atoms with van der Waals surface area (Å²) in [6.45, 7) is 0. The third-order valence-electron chi connectivity index (χ3n) is 5.17. The summed E-state index contributed by atoms with van der Waals surface area (Å²) < 4.78 is 8.31. The molecular formula is C26H20NO2S+. The van der Waals surface area contributed by atoms with Gasteiger partial charge in [-0.2, -0.15) is 4.57 Å². The van der Waals surface area contributed by atoms with E-state index in [9.17, 15) is 4.79 Å². The van der Waals surface area contributed by atoms with Gasteiger partial charge in [0.2, 0.25) is 5.03 Å². The molecule has 4 heteroatoms. The highest BCUT2D eigenvalue weighted by Gasteiger charge is 2.32. The molecule has 1 aliphatic rings. The fourth-order valence-electron chi connectivity index (χ4n) is 3.64. The van der Waals surface area contributed by atoms with Crippen LogP contribution < -0.4 is 9.30 Å². The van der Waals surface area contributed by atoms with Gasteiger partial charge in [0.25, 0.3) is 0 Å². The van der Waals surface area contributed by atoms with Crippen LogP contribution >= 0.6 is 11.8 Å². The van der Waals surface area contributed by atoms with E-state index in [1.165, 1.54) is 5.03 Å². The Balaban J connectivity index is 1.29. The van der Waals surface area contributed by atoms with Crippen molar-refractivity contribution in [2.24, 2.45) is 0 Å². The van der Waals surface area contributed by atoms with Crippen molar-refractivity contribution in [3.05, 3.63) is 108 Å². The zero-order chi connectivity index (χ0) is 20.3. The first-order valence-electron chi connectivity index (χ1n) is 9.88. The number of rotatable bonds is 5. The van der Waals surface area contributed by atoms with Gasteiger partial charge in [0.15, 0.2) is 12.0 Å². The summed E-state index contributed by atoms with van der Waals surface area (Å²) in [6.07, 6.45) is 5.54. The van der Waals surface area contributed by atoms with Crippen LogP contribution in [0.1, 0.15) is 22.1 Å². The minimum atomic E-state index is 0.000492. The molecule has 3 aromatic carbocycles. The molecule has 0 saturated carbocycles. The van der Waals surface area contributed by atoms with Gasteiger partial charge in [-0.05, 0) is 52.4 Å². The Morgan fingerprint density at radius 2 is 1.73 bits per heavy atom. The molecule has 1 aliphatic heterocycles. The fourth-order valence-corrected chi connectivity index (χ4v) is 4.69. The molecule has 0 radical (unpaired) electrons. The van der Waals surface area contributed by atoms with E-state index in [1.54, 1.807) is 17.8 Å². The van der Waals surface area contributed by atoms with Crippen molar-refractivity contribution in [3.8, 4) is 5.75 Å². The van der Waals surface area contributed by atoms with Gasteiger partial charge in [0, 0.05) is 17.7 Å². The summed E-state index contributed by atoms with van der Waals surface area (Å²) in [5.41, 5.74) is 1.68. The molecule has 0 saturated heterocycles. The molecule has 0 bridgehead atoms. The highest BCUT2D eigenvalue weighted by Crippen LogP contribution is 2.28. The van der Waals surface area contributed by atoms with E-state index in [4.69, 9.17) is 4.74 Å². The highest BCUT2D eigenvalue weighted by molar-refractivity contribution is 7.99. The van der Waals surface area contributed by atoms with Crippen molar-refractivity contribution in [1.29, 1.82) is 0 Å². The number of nitrogens with zero attached hydrogens (tertiary/aromatic N) is 1. The van der Waals surface area contributed by atoms with Gasteiger partial charge in [-0.25, -0.2) is 0 Å². The van der Waals surface area contributed by atoms with E-state index in [0.717, 1.165) is 33.4 Å². The number of ketones is 1. The summed E-state index contributed by atoms with van der Waals surface area (Å²) in [6, 6.07) is 27.8. The molecule has 0 spiro atoms. The summed E-state index contributed by atoms with van der Waals surface area (Å²) >= 11 is 1.80. The van der Waals surface area contributed by atoms with Crippen molar-refractivity contribution in [2.45, 2.75) is 11.3 Å². The topological polar surface area (TPSA) is 30.2 Å². The van der Waals surface area contributed by atoms with Gasteiger partial charge in [-0.1, -0.05) is 60.7 Å². The predicted molar refractivity (Wildman–Crippen MR) is 121 cm³/mol. The molecule has 30 heavy (non-hydrogen) atoms. The molecule has 5 rings (SSSR count). The number of carbonyl (C=O) groups is 1. The van der Waals surface area contributed by atoms with Crippen LogP contribution in [0.15, 0.2) is 102 Å². The Morgan fingerprint density at radius 3 is 2.63 bits per heavy atom. The maximum atomic E-state index is 12.7. The standard InChI is InChI=1S/C26H20NO2S/c28-24(23-9-5-7-20-6-1-2-8-22(20)23)16-13-19-11-14-21(15-12-19)29-25-18-30-26-10-3-4-17-27(25)26/h1-17,25H,18H2/q+1/b16-13+. The molecule has 4 aromatic rings. The van der Waals surface area contributed by atoms with Crippen LogP contribution in [-0.4, -0.2) is 11.5 Å². The SMILES string of the molecule is O=C(/C=C/c1ccc(OC2CSc3cccc[n+]32)cc1)c1cccc2ccccc12. The van der Waals surface area contributed by atoms with Gasteiger partial charge in [-0.3, -0.25) is 4.79 Å². The third kappa shape index (κ3) is 3.74. The maximum absolute atomic E-state index is 12.7. The summed E-state index contributed by atoms with van der Waals surface area (Å²) in [5, 5.41) is 3.27. The van der Waals surface area contributed by atoms with Crippen molar-refractivity contribution in [1.82, 2.24) is 0 Å². The number of hydrogen-bond acceptors (Lipinski definition) is 3. The quantitative estimate of drug-likeness (QED) is 0.240. The molecule has 0 fully saturated rings. The van der Waals surface area contributed by atoms with Crippen LogP contribution in [0.5, 0.6) is 5.75 Å². The first-order chi connectivity index (χ1) is 14.8. The second-order valence-electron chi connectivity index (χ2n) is 7.12. The zero-order valence-corrected chi connectivity index (χ0v) is 17.1. The summed E-state index contributed by atoms with van der Waals surface area (Å²) in [7, 11) is 0. The van der Waals surface area contributed by atoms with Crippen LogP contribution in [0, 0.1) is 0 Å². The Labute approximate surface area is 179 Å². The Morgan fingerprint density at radius 1 is 0.933 bits per heavy atom. The lowest BCUT2D eigenvalue weighted by molar-refractivity contribution is -0.775. The minimum Gasteiger partial charge on any atom is -0.433 e. The number of hydrogen-bond donors (Lipinski definition) is 0. The molecule has 0 amide bonds. The van der Waals surface area contributed by atoms with Crippen LogP contribution in [-0.2, 0) is 0 Å². The second kappa shape index (κ2) is 8.17. The largest absolute Gasteiger partial charge is 0.433 e. The molecule has 0 aliphatic carbocycles. The average molecular weight is 411 g/mol. The van der Waals surface area contributed by atoms with Crippen molar-refractivity contribution in [2.75, 3.05) is 5.75 Å². The van der Waals surface area contributed by atoms with Gasteiger partial charge < -0.3 is 4.74 Å². The van der Waals surface area contributed by atoms with Gasteiger partial charge >= 0.3 is 6.23 Å². The van der Waals surface area contributed by atoms with Crippen LogP contribution in [0.3, 0.4) is 0 Å². The lowest BCUT2D eigenvalue weighted by Crippen LogP contribution is -2.41. The molecular weight excluding hydrogens is 390 g/mol. The Bertz CT molecular complexity index is 1240. The van der Waals surface area contributed by atoms with E-state index in [0.29, 0.717) is 0 Å². The molecule has 1 aromatic heterocycles. The Kier molecular flexibility index (Phi) is 5.08. The molecule has 1 unspecified atom stereocenters. The highest BCUT2D eigenvalue weighted by atomic mass is 32.2. The number of fused-ring (bicyclic) bond motifs is 2. The lowest BCUT2D eigenvalue weighted by Gasteiger charge is -2.09. The first-order valence-corrected chi connectivity index (χ1v) is 10.9. The van der Waals surface area contributed by atoms with Crippen LogP contribution in [0.4, 0.5) is 0 Å². The lowest BCUT2D eigenvalue weighted by atomic mass is 10.0. The molecule has 0 N–H and O–H groups in total. The Hall–Kier alpha value is -3.37. The van der Waals surface area contributed by atoms with Gasteiger partial charge in [0.05, 0.1) is 0 Å². The van der Waals surface area contributed by atoms with Crippen LogP contribution in [0.25, 0.3) is 16.8 Å². The number of carbonyl (C=O) groups excluding carboxylic acids is 1. The number of pyridine rings is 1. The number of allylic oxidation sites excluding steroid dienone is 1. The van der Waals surface area contributed by atoms with Crippen LogP contribution in [0.2, 0.25) is 0 Å². The third-order valence-corrected chi connectivity index (χ3v) is 6.26. The molecule has 2 heterocycles. The van der Waals surface area contributed by atoms with E-state index >= 15 is 0 Å². The maximum Gasteiger partial charge on any atom is 0.312 e. The molecule has 1 atom stereocenters. The second-order valence-corrected chi connectivity index (χ2v) is 8.16. The normalized spacial score (nSPS) is 15.4. The van der Waals surface area contributed by atoms with Gasteiger partial charge in [0.1, 0.15) is 11.5 Å². The first kappa shape index (κ1) is 18.6.